The molecule has 6 heteroatoms. The molecule has 0 saturated heterocycles. The Kier molecular flexibility index (Phi) is 4.36. The first-order valence-corrected chi connectivity index (χ1v) is 8.99. The minimum atomic E-state index is -0.0190. The van der Waals surface area contributed by atoms with Gasteiger partial charge in [0.1, 0.15) is 5.69 Å². The maximum atomic E-state index is 13.0. The van der Waals surface area contributed by atoms with Crippen LogP contribution in [0.4, 0.5) is 0 Å². The van der Waals surface area contributed by atoms with Crippen molar-refractivity contribution in [1.29, 1.82) is 0 Å². The number of hydrogen-bond acceptors (Lipinski definition) is 3. The second-order valence-electron chi connectivity index (χ2n) is 6.15. The Balaban J connectivity index is 1.54. The molecule has 0 unspecified atom stereocenters. The number of hydrogen-bond donors (Lipinski definition) is 0. The van der Waals surface area contributed by atoms with Crippen molar-refractivity contribution >= 4 is 21.8 Å². The van der Waals surface area contributed by atoms with Gasteiger partial charge < -0.3 is 4.90 Å². The molecule has 2 aromatic carbocycles. The average Bonchev–Trinajstić information content (AvgIpc) is 3.09. The second kappa shape index (κ2) is 6.80. The van der Waals surface area contributed by atoms with Crippen molar-refractivity contribution in [2.45, 2.75) is 19.5 Å². The lowest BCUT2D eigenvalue weighted by Gasteiger charge is -2.29. The number of carbonyl (C=O) groups excluding carboxylic acids is 1. The van der Waals surface area contributed by atoms with Gasteiger partial charge in [0.2, 0.25) is 0 Å². The maximum absolute atomic E-state index is 13.0. The number of aromatic nitrogens is 3. The lowest BCUT2D eigenvalue weighted by Crippen LogP contribution is -2.37. The highest BCUT2D eigenvalue weighted by Gasteiger charge is 2.24. The molecule has 1 aliphatic rings. The van der Waals surface area contributed by atoms with Gasteiger partial charge >= 0.3 is 0 Å². The molecule has 0 saturated carbocycles. The third-order valence-corrected chi connectivity index (χ3v) is 4.97. The zero-order valence-corrected chi connectivity index (χ0v) is 15.2. The van der Waals surface area contributed by atoms with Crippen molar-refractivity contribution < 1.29 is 4.79 Å². The largest absolute Gasteiger partial charge is 0.333 e. The number of fused-ring (bicyclic) bond motifs is 1. The van der Waals surface area contributed by atoms with Crippen molar-refractivity contribution in [2.24, 2.45) is 0 Å². The Morgan fingerprint density at radius 2 is 1.96 bits per heavy atom. The van der Waals surface area contributed by atoms with E-state index in [1.165, 1.54) is 11.1 Å². The molecule has 0 spiro atoms. The number of amides is 1. The van der Waals surface area contributed by atoms with Gasteiger partial charge in [0.25, 0.3) is 5.91 Å². The molecule has 5 nitrogen and oxygen atoms in total. The molecule has 25 heavy (non-hydrogen) atoms. The molecule has 4 rings (SSSR count). The van der Waals surface area contributed by atoms with Crippen LogP contribution in [0.2, 0.25) is 0 Å². The zero-order valence-electron chi connectivity index (χ0n) is 13.6. The normalized spacial score (nSPS) is 13.6. The van der Waals surface area contributed by atoms with Gasteiger partial charge in [-0.15, -0.1) is 5.10 Å². The summed E-state index contributed by atoms with van der Waals surface area (Å²) in [5.41, 5.74) is 4.12. The van der Waals surface area contributed by atoms with E-state index in [1.54, 1.807) is 10.9 Å². The fourth-order valence-electron chi connectivity index (χ4n) is 3.15. The molecule has 3 aromatic rings. The molecule has 0 radical (unpaired) electrons. The van der Waals surface area contributed by atoms with E-state index in [9.17, 15) is 4.79 Å². The van der Waals surface area contributed by atoms with Gasteiger partial charge in [-0.2, -0.15) is 0 Å². The minimum absolute atomic E-state index is 0.0190. The molecule has 1 aromatic heterocycles. The Bertz CT molecular complexity index is 907. The molecular formula is C19H17BrN4O. The molecule has 0 bridgehead atoms. The lowest BCUT2D eigenvalue weighted by molar-refractivity contribution is 0.0722. The average molecular weight is 397 g/mol. The Morgan fingerprint density at radius 1 is 1.12 bits per heavy atom. The Hall–Kier alpha value is -2.47. The summed E-state index contributed by atoms with van der Waals surface area (Å²) in [6.45, 7) is 1.87. The zero-order chi connectivity index (χ0) is 17.2. The molecule has 1 amide bonds. The van der Waals surface area contributed by atoms with Crippen LogP contribution in [0.15, 0.2) is 59.2 Å². The summed E-state index contributed by atoms with van der Waals surface area (Å²) < 4.78 is 2.76. The van der Waals surface area contributed by atoms with Crippen LogP contribution < -0.4 is 0 Å². The first-order valence-electron chi connectivity index (χ1n) is 8.20. The summed E-state index contributed by atoms with van der Waals surface area (Å²) in [4.78, 5) is 14.8. The molecule has 0 aliphatic carbocycles. The highest BCUT2D eigenvalue weighted by atomic mass is 79.9. The van der Waals surface area contributed by atoms with Gasteiger partial charge in [0, 0.05) is 17.6 Å². The van der Waals surface area contributed by atoms with Gasteiger partial charge in [-0.05, 0) is 35.2 Å². The third-order valence-electron chi connectivity index (χ3n) is 4.48. The minimum Gasteiger partial charge on any atom is -0.333 e. The van der Waals surface area contributed by atoms with Crippen LogP contribution >= 0.6 is 15.9 Å². The number of halogens is 1. The third kappa shape index (κ3) is 3.35. The summed E-state index contributed by atoms with van der Waals surface area (Å²) in [5, 5.41) is 8.05. The van der Waals surface area contributed by atoms with Gasteiger partial charge in [-0.1, -0.05) is 57.5 Å². The summed E-state index contributed by atoms with van der Waals surface area (Å²) >= 11 is 3.51. The quantitative estimate of drug-likeness (QED) is 0.682. The van der Waals surface area contributed by atoms with Crippen LogP contribution in [-0.2, 0) is 19.5 Å². The van der Waals surface area contributed by atoms with Crippen LogP contribution in [0, 0.1) is 0 Å². The van der Waals surface area contributed by atoms with Crippen LogP contribution in [0.5, 0.6) is 0 Å². The number of carbonyl (C=O) groups is 1. The van der Waals surface area contributed by atoms with Crippen LogP contribution in [0.1, 0.15) is 27.2 Å². The first kappa shape index (κ1) is 16.0. The number of rotatable bonds is 3. The lowest BCUT2D eigenvalue weighted by atomic mass is 10.00. The molecule has 0 N–H and O–H groups in total. The topological polar surface area (TPSA) is 51.0 Å². The van der Waals surface area contributed by atoms with Crippen molar-refractivity contribution in [3.63, 3.8) is 0 Å². The van der Waals surface area contributed by atoms with Crippen molar-refractivity contribution in [3.05, 3.63) is 81.6 Å². The Morgan fingerprint density at radius 3 is 2.80 bits per heavy atom. The van der Waals surface area contributed by atoms with E-state index >= 15 is 0 Å². The van der Waals surface area contributed by atoms with E-state index in [4.69, 9.17) is 0 Å². The monoisotopic (exact) mass is 396 g/mol. The number of benzene rings is 2. The van der Waals surface area contributed by atoms with Crippen LogP contribution in [-0.4, -0.2) is 32.3 Å². The summed E-state index contributed by atoms with van der Waals surface area (Å²) in [6, 6.07) is 16.2. The summed E-state index contributed by atoms with van der Waals surface area (Å²) in [7, 11) is 0. The van der Waals surface area contributed by atoms with E-state index in [0.717, 1.165) is 16.5 Å². The van der Waals surface area contributed by atoms with Gasteiger partial charge in [-0.25, -0.2) is 4.68 Å². The van der Waals surface area contributed by atoms with E-state index in [1.807, 2.05) is 41.3 Å². The Labute approximate surface area is 154 Å². The van der Waals surface area contributed by atoms with Crippen LogP contribution in [0.25, 0.3) is 0 Å². The number of nitrogens with zero attached hydrogens (tertiary/aromatic N) is 4. The molecule has 2 heterocycles. The summed E-state index contributed by atoms with van der Waals surface area (Å²) in [6.07, 6.45) is 2.42. The molecule has 1 aliphatic heterocycles. The maximum Gasteiger partial charge on any atom is 0.274 e. The second-order valence-corrected chi connectivity index (χ2v) is 7.07. The van der Waals surface area contributed by atoms with Gasteiger partial charge in [-0.3, -0.25) is 4.79 Å². The predicted molar refractivity (Wildman–Crippen MR) is 98.2 cm³/mol. The fourth-order valence-corrected chi connectivity index (χ4v) is 3.56. The fraction of sp³-hybridized carbons (Fsp3) is 0.211. The predicted octanol–water partition coefficient (Wildman–Crippen LogP) is 3.29. The van der Waals surface area contributed by atoms with E-state index in [0.29, 0.717) is 25.3 Å². The molecule has 0 fully saturated rings. The van der Waals surface area contributed by atoms with Crippen molar-refractivity contribution in [2.75, 3.05) is 6.54 Å². The molecule has 126 valence electrons. The SMILES string of the molecule is O=C(c1cnnn1Cc1ccccc1)N1CCc2cc(Br)ccc2C1. The van der Waals surface area contributed by atoms with Crippen molar-refractivity contribution in [3.8, 4) is 0 Å². The van der Waals surface area contributed by atoms with Crippen LogP contribution in [0.3, 0.4) is 0 Å². The van der Waals surface area contributed by atoms with E-state index in [-0.39, 0.29) is 5.91 Å². The summed E-state index contributed by atoms with van der Waals surface area (Å²) in [5.74, 6) is -0.0190. The van der Waals surface area contributed by atoms with Crippen molar-refractivity contribution in [1.82, 2.24) is 19.9 Å². The highest BCUT2D eigenvalue weighted by molar-refractivity contribution is 9.10. The van der Waals surface area contributed by atoms with E-state index < -0.39 is 0 Å². The molecule has 0 atom stereocenters. The molecular weight excluding hydrogens is 380 g/mol. The van der Waals surface area contributed by atoms with Gasteiger partial charge in [0.15, 0.2) is 0 Å². The van der Waals surface area contributed by atoms with E-state index in [2.05, 4.69) is 38.4 Å². The smallest absolute Gasteiger partial charge is 0.274 e. The highest BCUT2D eigenvalue weighted by Crippen LogP contribution is 2.24. The van der Waals surface area contributed by atoms with Gasteiger partial charge in [0.05, 0.1) is 12.7 Å². The standard InChI is InChI=1S/C19H17BrN4O/c20-17-7-6-16-13-23(9-8-15(16)10-17)19(25)18-11-21-22-24(18)12-14-4-2-1-3-5-14/h1-7,10-11H,8-9,12-13H2. The first-order chi connectivity index (χ1) is 12.2.